The van der Waals surface area contributed by atoms with Gasteiger partial charge in [-0.05, 0) is 30.7 Å². The largest absolute Gasteiger partial charge is 0.464 e. The lowest BCUT2D eigenvalue weighted by Crippen LogP contribution is -2.20. The number of esters is 2. The Morgan fingerprint density at radius 3 is 2.40 bits per heavy atom. The van der Waals surface area contributed by atoms with Gasteiger partial charge in [-0.3, -0.25) is 0 Å². The molecule has 1 aromatic rings. The fourth-order valence-electron chi connectivity index (χ4n) is 1.25. The second kappa shape index (κ2) is 9.34. The minimum absolute atomic E-state index is 0.264. The lowest BCUT2D eigenvalue weighted by atomic mass is 10.3. The van der Waals surface area contributed by atoms with Gasteiger partial charge in [-0.2, -0.15) is 0 Å². The lowest BCUT2D eigenvalue weighted by Gasteiger charge is -2.06. The number of halogens is 1. The van der Waals surface area contributed by atoms with E-state index in [2.05, 4.69) is 0 Å². The smallest absolute Gasteiger partial charge is 0.337 e. The Bertz CT molecular complexity index is 430. The summed E-state index contributed by atoms with van der Waals surface area (Å²) in [5.41, 5.74) is 0. The highest BCUT2D eigenvalue weighted by Gasteiger charge is 2.08. The van der Waals surface area contributed by atoms with E-state index in [1.54, 1.807) is 24.3 Å². The molecule has 1 aromatic carbocycles. The second-order valence-corrected chi connectivity index (χ2v) is 4.43. The molecule has 0 unspecified atom stereocenters. The molecule has 1 rings (SSSR count). The molecule has 0 bridgehead atoms. The van der Waals surface area contributed by atoms with Gasteiger partial charge in [0, 0.05) is 5.02 Å². The van der Waals surface area contributed by atoms with Crippen LogP contribution in [0.15, 0.2) is 24.3 Å². The summed E-state index contributed by atoms with van der Waals surface area (Å²) in [5.74, 6) is -0.708. The molecular weight excluding hydrogens is 284 g/mol. The molecule has 0 aliphatic rings. The standard InChI is InChI=1S/C14H17ClO5/c1-2-3-8-19-13(16)9-18-10-14(17)20-12-6-4-11(15)5-7-12/h4-7H,2-3,8-10H2,1H3. The maximum absolute atomic E-state index is 11.4. The molecule has 0 saturated heterocycles. The van der Waals surface area contributed by atoms with Crippen LogP contribution in [0, 0.1) is 0 Å². The molecule has 0 heterocycles. The second-order valence-electron chi connectivity index (χ2n) is 3.99. The summed E-state index contributed by atoms with van der Waals surface area (Å²) in [4.78, 5) is 22.6. The summed E-state index contributed by atoms with van der Waals surface area (Å²) in [6.07, 6.45) is 1.76. The first kappa shape index (κ1) is 16.5. The van der Waals surface area contributed by atoms with Crippen molar-refractivity contribution in [3.05, 3.63) is 29.3 Å². The third-order valence-electron chi connectivity index (χ3n) is 2.25. The highest BCUT2D eigenvalue weighted by molar-refractivity contribution is 6.30. The van der Waals surface area contributed by atoms with Gasteiger partial charge < -0.3 is 14.2 Å². The van der Waals surface area contributed by atoms with E-state index in [0.29, 0.717) is 17.4 Å². The van der Waals surface area contributed by atoms with Crippen LogP contribution >= 0.6 is 11.6 Å². The molecule has 0 N–H and O–H groups in total. The first-order chi connectivity index (χ1) is 9.61. The molecule has 110 valence electrons. The van der Waals surface area contributed by atoms with Crippen molar-refractivity contribution < 1.29 is 23.8 Å². The Kier molecular flexibility index (Phi) is 7.69. The Labute approximate surface area is 122 Å². The number of hydrogen-bond donors (Lipinski definition) is 0. The predicted molar refractivity (Wildman–Crippen MR) is 73.8 cm³/mol. The molecule has 20 heavy (non-hydrogen) atoms. The molecule has 0 radical (unpaired) electrons. The van der Waals surface area contributed by atoms with Crippen LogP contribution in [0.4, 0.5) is 0 Å². The van der Waals surface area contributed by atoms with Crippen molar-refractivity contribution in [2.75, 3.05) is 19.8 Å². The van der Waals surface area contributed by atoms with Crippen LogP contribution in [-0.4, -0.2) is 31.8 Å². The van der Waals surface area contributed by atoms with Crippen LogP contribution in [0.3, 0.4) is 0 Å². The van der Waals surface area contributed by atoms with Gasteiger partial charge in [0.2, 0.25) is 0 Å². The number of ether oxygens (including phenoxy) is 3. The highest BCUT2D eigenvalue weighted by atomic mass is 35.5. The van der Waals surface area contributed by atoms with E-state index in [1.807, 2.05) is 6.92 Å². The number of rotatable bonds is 8. The number of carbonyl (C=O) groups excluding carboxylic acids is 2. The van der Waals surface area contributed by atoms with Crippen LogP contribution in [0.1, 0.15) is 19.8 Å². The van der Waals surface area contributed by atoms with Gasteiger partial charge in [0.1, 0.15) is 19.0 Å². The fourth-order valence-corrected chi connectivity index (χ4v) is 1.38. The quantitative estimate of drug-likeness (QED) is 0.419. The average Bonchev–Trinajstić information content (AvgIpc) is 2.42. The molecule has 6 heteroatoms. The summed E-state index contributed by atoms with van der Waals surface area (Å²) >= 11 is 5.70. The van der Waals surface area contributed by atoms with Crippen LogP contribution in [0.25, 0.3) is 0 Å². The third kappa shape index (κ3) is 7.11. The van der Waals surface area contributed by atoms with Crippen LogP contribution in [0.5, 0.6) is 5.75 Å². The van der Waals surface area contributed by atoms with E-state index in [9.17, 15) is 9.59 Å². The SMILES string of the molecule is CCCCOC(=O)COCC(=O)Oc1ccc(Cl)cc1. The summed E-state index contributed by atoms with van der Waals surface area (Å²) in [7, 11) is 0. The van der Waals surface area contributed by atoms with Crippen LogP contribution < -0.4 is 4.74 Å². The number of carbonyl (C=O) groups is 2. The summed E-state index contributed by atoms with van der Waals surface area (Å²) in [5, 5.41) is 0.552. The van der Waals surface area contributed by atoms with E-state index in [-0.39, 0.29) is 13.2 Å². The van der Waals surface area contributed by atoms with Crippen molar-refractivity contribution in [2.24, 2.45) is 0 Å². The molecule has 0 aromatic heterocycles. The monoisotopic (exact) mass is 300 g/mol. The summed E-state index contributed by atoms with van der Waals surface area (Å²) < 4.78 is 14.7. The zero-order valence-corrected chi connectivity index (χ0v) is 12.0. The summed E-state index contributed by atoms with van der Waals surface area (Å²) in [6, 6.07) is 6.35. The van der Waals surface area contributed by atoms with Gasteiger partial charge in [-0.15, -0.1) is 0 Å². The zero-order valence-electron chi connectivity index (χ0n) is 11.3. The van der Waals surface area contributed by atoms with Crippen molar-refractivity contribution in [1.29, 1.82) is 0 Å². The lowest BCUT2D eigenvalue weighted by molar-refractivity contribution is -0.152. The molecule has 0 aliphatic carbocycles. The normalized spacial score (nSPS) is 10.1. The Balaban J connectivity index is 2.17. The van der Waals surface area contributed by atoms with Crippen molar-refractivity contribution >= 4 is 23.5 Å². The highest BCUT2D eigenvalue weighted by Crippen LogP contribution is 2.15. The first-order valence-corrected chi connectivity index (χ1v) is 6.69. The minimum Gasteiger partial charge on any atom is -0.464 e. The Hall–Kier alpha value is -1.59. The average molecular weight is 301 g/mol. The van der Waals surface area contributed by atoms with Crippen LogP contribution in [-0.2, 0) is 19.1 Å². The Morgan fingerprint density at radius 1 is 1.10 bits per heavy atom. The Morgan fingerprint density at radius 2 is 1.75 bits per heavy atom. The van der Waals surface area contributed by atoms with Gasteiger partial charge in [-0.25, -0.2) is 9.59 Å². The van der Waals surface area contributed by atoms with Gasteiger partial charge in [0.05, 0.1) is 6.61 Å². The number of hydrogen-bond acceptors (Lipinski definition) is 5. The molecule has 0 aliphatic heterocycles. The first-order valence-electron chi connectivity index (χ1n) is 6.31. The maximum Gasteiger partial charge on any atom is 0.337 e. The van der Waals surface area contributed by atoms with Gasteiger partial charge in [0.25, 0.3) is 0 Å². The predicted octanol–water partition coefficient (Wildman–Crippen LogP) is 2.61. The fraction of sp³-hybridized carbons (Fsp3) is 0.429. The molecular formula is C14H17ClO5. The zero-order chi connectivity index (χ0) is 14.8. The molecule has 0 atom stereocenters. The molecule has 0 fully saturated rings. The molecule has 5 nitrogen and oxygen atoms in total. The van der Waals surface area contributed by atoms with E-state index >= 15 is 0 Å². The van der Waals surface area contributed by atoms with E-state index in [4.69, 9.17) is 25.8 Å². The molecule has 0 amide bonds. The van der Waals surface area contributed by atoms with Crippen molar-refractivity contribution in [3.8, 4) is 5.75 Å². The van der Waals surface area contributed by atoms with Crippen LogP contribution in [0.2, 0.25) is 5.02 Å². The van der Waals surface area contributed by atoms with Gasteiger partial charge >= 0.3 is 11.9 Å². The van der Waals surface area contributed by atoms with Gasteiger partial charge in [0.15, 0.2) is 0 Å². The van der Waals surface area contributed by atoms with E-state index in [0.717, 1.165) is 12.8 Å². The summed E-state index contributed by atoms with van der Waals surface area (Å²) in [6.45, 7) is 1.79. The van der Waals surface area contributed by atoms with E-state index in [1.165, 1.54) is 0 Å². The van der Waals surface area contributed by atoms with Gasteiger partial charge in [-0.1, -0.05) is 24.9 Å². The topological polar surface area (TPSA) is 61.8 Å². The van der Waals surface area contributed by atoms with Crippen molar-refractivity contribution in [3.63, 3.8) is 0 Å². The van der Waals surface area contributed by atoms with E-state index < -0.39 is 11.9 Å². The molecule has 0 saturated carbocycles. The minimum atomic E-state index is -0.589. The van der Waals surface area contributed by atoms with Crippen molar-refractivity contribution in [2.45, 2.75) is 19.8 Å². The molecule has 0 spiro atoms. The number of benzene rings is 1. The maximum atomic E-state index is 11.4. The van der Waals surface area contributed by atoms with Crippen molar-refractivity contribution in [1.82, 2.24) is 0 Å². The number of unbranched alkanes of at least 4 members (excludes halogenated alkanes) is 1. The third-order valence-corrected chi connectivity index (χ3v) is 2.50.